The Kier molecular flexibility index (Phi) is 10.3. The van der Waals surface area contributed by atoms with Crippen LogP contribution in [-0.4, -0.2) is 50.2 Å². The Labute approximate surface area is 282 Å². The lowest BCUT2D eigenvalue weighted by Gasteiger charge is -2.41. The lowest BCUT2D eigenvalue weighted by atomic mass is 9.98. The maximum absolute atomic E-state index is 14.2. The first kappa shape index (κ1) is 33.4. The number of alkyl halides is 3. The minimum Gasteiger partial charge on any atom is -0.457 e. The number of benzene rings is 3. The second-order valence-electron chi connectivity index (χ2n) is 11.9. The van der Waals surface area contributed by atoms with Crippen LogP contribution in [0.5, 0.6) is 11.5 Å². The summed E-state index contributed by atoms with van der Waals surface area (Å²) >= 11 is 0. The van der Waals surface area contributed by atoms with Gasteiger partial charge in [-0.1, -0.05) is 48.5 Å². The summed E-state index contributed by atoms with van der Waals surface area (Å²) in [6.45, 7) is 1.32. The number of amides is 2. The molecule has 0 bridgehead atoms. The molecular formula is C38H34F3N5O3. The molecule has 0 saturated carbocycles. The van der Waals surface area contributed by atoms with Crippen molar-refractivity contribution in [2.45, 2.75) is 44.3 Å². The maximum atomic E-state index is 14.2. The average molecular weight is 666 g/mol. The SMILES string of the molecule is O=C1N[C@@H](Cc2ccc(C(F)(F)F)cc2)C(=O)N(Cc2ccc(Oc3ccccc3)cc2)[C@H]1CN(Cc1ccncc1)Cc1cccnc1. The number of pyridine rings is 2. The zero-order valence-corrected chi connectivity index (χ0v) is 26.5. The molecule has 3 heterocycles. The maximum Gasteiger partial charge on any atom is 0.416 e. The molecule has 0 aliphatic carbocycles. The molecule has 2 aromatic heterocycles. The van der Waals surface area contributed by atoms with E-state index in [0.29, 0.717) is 30.2 Å². The van der Waals surface area contributed by atoms with Gasteiger partial charge in [0.1, 0.15) is 23.6 Å². The minimum atomic E-state index is -4.48. The Morgan fingerprint density at radius 3 is 2.06 bits per heavy atom. The van der Waals surface area contributed by atoms with Crippen LogP contribution in [0.15, 0.2) is 128 Å². The summed E-state index contributed by atoms with van der Waals surface area (Å²) in [6, 6.07) is 27.1. The molecule has 6 rings (SSSR count). The number of nitrogens with one attached hydrogen (secondary N) is 1. The Balaban J connectivity index is 1.26. The van der Waals surface area contributed by atoms with E-state index in [1.165, 1.54) is 12.1 Å². The van der Waals surface area contributed by atoms with Crippen molar-refractivity contribution in [1.29, 1.82) is 0 Å². The number of para-hydroxylation sites is 1. The fourth-order valence-corrected chi connectivity index (χ4v) is 5.81. The van der Waals surface area contributed by atoms with Gasteiger partial charge in [0.15, 0.2) is 0 Å². The monoisotopic (exact) mass is 665 g/mol. The third-order valence-corrected chi connectivity index (χ3v) is 8.27. The molecule has 0 radical (unpaired) electrons. The van der Waals surface area contributed by atoms with Crippen molar-refractivity contribution in [3.05, 3.63) is 156 Å². The number of carbonyl (C=O) groups is 2. The number of aromatic nitrogens is 2. The van der Waals surface area contributed by atoms with E-state index in [4.69, 9.17) is 4.74 Å². The van der Waals surface area contributed by atoms with Crippen LogP contribution in [0.25, 0.3) is 0 Å². The zero-order valence-electron chi connectivity index (χ0n) is 26.5. The molecule has 1 N–H and O–H groups in total. The van der Waals surface area contributed by atoms with E-state index >= 15 is 0 Å². The Morgan fingerprint density at radius 2 is 1.39 bits per heavy atom. The second kappa shape index (κ2) is 15.1. The first-order chi connectivity index (χ1) is 23.7. The van der Waals surface area contributed by atoms with E-state index in [-0.39, 0.29) is 31.3 Å². The van der Waals surface area contributed by atoms with Gasteiger partial charge in [0.2, 0.25) is 11.8 Å². The molecule has 1 aliphatic heterocycles. The van der Waals surface area contributed by atoms with Crippen LogP contribution < -0.4 is 10.1 Å². The highest BCUT2D eigenvalue weighted by atomic mass is 19.4. The van der Waals surface area contributed by atoms with Crippen molar-refractivity contribution in [1.82, 2.24) is 25.1 Å². The molecule has 0 unspecified atom stereocenters. The molecule has 3 aromatic carbocycles. The van der Waals surface area contributed by atoms with Crippen molar-refractivity contribution in [2.75, 3.05) is 6.54 Å². The molecule has 2 atom stereocenters. The third kappa shape index (κ3) is 8.88. The van der Waals surface area contributed by atoms with Crippen LogP contribution in [0.2, 0.25) is 0 Å². The lowest BCUT2D eigenvalue weighted by molar-refractivity contribution is -0.151. The smallest absolute Gasteiger partial charge is 0.416 e. The van der Waals surface area contributed by atoms with Gasteiger partial charge >= 0.3 is 6.18 Å². The number of piperazine rings is 1. The van der Waals surface area contributed by atoms with Gasteiger partial charge in [-0.3, -0.25) is 24.5 Å². The zero-order chi connectivity index (χ0) is 34.2. The van der Waals surface area contributed by atoms with Crippen molar-refractivity contribution in [3.63, 3.8) is 0 Å². The fraction of sp³-hybridized carbons (Fsp3) is 0.211. The Morgan fingerprint density at radius 1 is 0.714 bits per heavy atom. The highest BCUT2D eigenvalue weighted by Crippen LogP contribution is 2.30. The summed E-state index contributed by atoms with van der Waals surface area (Å²) in [4.78, 5) is 40.1. The van der Waals surface area contributed by atoms with Gasteiger partial charge in [-0.05, 0) is 76.9 Å². The van der Waals surface area contributed by atoms with E-state index < -0.39 is 23.8 Å². The molecule has 5 aromatic rings. The van der Waals surface area contributed by atoms with E-state index in [1.807, 2.05) is 78.9 Å². The van der Waals surface area contributed by atoms with E-state index in [2.05, 4.69) is 20.2 Å². The molecular weight excluding hydrogens is 631 g/mol. The number of carbonyl (C=O) groups excluding carboxylic acids is 2. The second-order valence-corrected chi connectivity index (χ2v) is 11.9. The molecule has 2 amide bonds. The molecule has 49 heavy (non-hydrogen) atoms. The third-order valence-electron chi connectivity index (χ3n) is 8.27. The van der Waals surface area contributed by atoms with Crippen LogP contribution in [0.3, 0.4) is 0 Å². The standard InChI is InChI=1S/C38H34F3N5O3/c39-38(40,41)31-12-8-27(9-13-31)21-34-37(48)46(25-28-10-14-33(15-11-28)49-32-6-2-1-3-7-32)35(36(47)44-34)26-45(23-29-16-19-42-20-17-29)24-30-5-4-18-43-22-30/h1-20,22,34-35H,21,23-26H2,(H,44,47)/t34-,35-/m0/s1. The highest BCUT2D eigenvalue weighted by Gasteiger charge is 2.41. The minimum absolute atomic E-state index is 0.0478. The molecule has 1 aliphatic rings. The Bertz CT molecular complexity index is 1780. The molecule has 0 spiro atoms. The van der Waals surface area contributed by atoms with Gasteiger partial charge in [-0.2, -0.15) is 13.2 Å². The van der Waals surface area contributed by atoms with Gasteiger partial charge in [0.05, 0.1) is 5.56 Å². The normalized spacial score (nSPS) is 16.4. The molecule has 1 saturated heterocycles. The topological polar surface area (TPSA) is 87.7 Å². The molecule has 8 nitrogen and oxygen atoms in total. The number of halogens is 3. The number of nitrogens with zero attached hydrogens (tertiary/aromatic N) is 4. The van der Waals surface area contributed by atoms with Gasteiger partial charge in [0, 0.05) is 57.4 Å². The van der Waals surface area contributed by atoms with Crippen molar-refractivity contribution < 1.29 is 27.5 Å². The lowest BCUT2D eigenvalue weighted by Crippen LogP contribution is -2.65. The van der Waals surface area contributed by atoms with Gasteiger partial charge in [-0.25, -0.2) is 0 Å². The molecule has 1 fully saturated rings. The van der Waals surface area contributed by atoms with Crippen LogP contribution in [0.4, 0.5) is 13.2 Å². The predicted octanol–water partition coefficient (Wildman–Crippen LogP) is 6.43. The summed E-state index contributed by atoms with van der Waals surface area (Å²) in [7, 11) is 0. The summed E-state index contributed by atoms with van der Waals surface area (Å²) in [5.74, 6) is 0.646. The fourth-order valence-electron chi connectivity index (χ4n) is 5.81. The number of hydrogen-bond donors (Lipinski definition) is 1. The van der Waals surface area contributed by atoms with Gasteiger partial charge in [0.25, 0.3) is 0 Å². The van der Waals surface area contributed by atoms with Gasteiger partial charge < -0.3 is 15.0 Å². The summed E-state index contributed by atoms with van der Waals surface area (Å²) in [5.41, 5.74) is 2.44. The first-order valence-electron chi connectivity index (χ1n) is 15.8. The predicted molar refractivity (Wildman–Crippen MR) is 177 cm³/mol. The summed E-state index contributed by atoms with van der Waals surface area (Å²) < 4.78 is 45.4. The average Bonchev–Trinajstić information content (AvgIpc) is 3.10. The first-order valence-corrected chi connectivity index (χ1v) is 15.8. The number of rotatable bonds is 12. The van der Waals surface area contributed by atoms with Crippen molar-refractivity contribution in [2.24, 2.45) is 0 Å². The number of hydrogen-bond acceptors (Lipinski definition) is 6. The largest absolute Gasteiger partial charge is 0.457 e. The van der Waals surface area contributed by atoms with Crippen molar-refractivity contribution >= 4 is 11.8 Å². The van der Waals surface area contributed by atoms with Crippen LogP contribution in [0.1, 0.15) is 27.8 Å². The summed E-state index contributed by atoms with van der Waals surface area (Å²) in [6.07, 6.45) is 2.44. The van der Waals surface area contributed by atoms with Crippen LogP contribution in [0, 0.1) is 0 Å². The van der Waals surface area contributed by atoms with E-state index in [9.17, 15) is 22.8 Å². The quantitative estimate of drug-likeness (QED) is 0.165. The molecule has 250 valence electrons. The van der Waals surface area contributed by atoms with Crippen molar-refractivity contribution in [3.8, 4) is 11.5 Å². The number of ether oxygens (including phenoxy) is 1. The molecule has 11 heteroatoms. The van der Waals surface area contributed by atoms with Crippen LogP contribution >= 0.6 is 0 Å². The van der Waals surface area contributed by atoms with Gasteiger partial charge in [-0.15, -0.1) is 0 Å². The Hall–Kier alpha value is -5.55. The van der Waals surface area contributed by atoms with Crippen LogP contribution in [-0.2, 0) is 41.8 Å². The summed E-state index contributed by atoms with van der Waals surface area (Å²) in [5, 5.41) is 2.87. The van der Waals surface area contributed by atoms with E-state index in [1.54, 1.807) is 29.7 Å². The highest BCUT2D eigenvalue weighted by molar-refractivity contribution is 5.97. The van der Waals surface area contributed by atoms with E-state index in [0.717, 1.165) is 28.8 Å².